The third-order valence-electron chi connectivity index (χ3n) is 4.15. The molecule has 0 saturated heterocycles. The molecule has 0 N–H and O–H groups in total. The quantitative estimate of drug-likeness (QED) is 0.399. The molecule has 0 nitrogen and oxygen atoms in total. The molecule has 115 valence electrons. The zero-order valence-electron chi connectivity index (χ0n) is 14.1. The van der Waals surface area contributed by atoms with E-state index in [1.807, 2.05) is 0 Å². The van der Waals surface area contributed by atoms with Crippen LogP contribution in [0.2, 0.25) is 13.1 Å². The second-order valence-electron chi connectivity index (χ2n) is 5.97. The summed E-state index contributed by atoms with van der Waals surface area (Å²) >= 11 is 0. The summed E-state index contributed by atoms with van der Waals surface area (Å²) in [5.74, 6) is 0.411. The minimum atomic E-state index is 0. The predicted molar refractivity (Wildman–Crippen MR) is 98.2 cm³/mol. The fraction of sp³-hybridized carbons (Fsp3) is 0.238. The molecule has 2 aromatic rings. The van der Waals surface area contributed by atoms with Gasteiger partial charge in [0.2, 0.25) is 0 Å². The first-order valence-corrected chi connectivity index (χ1v) is 10.3. The van der Waals surface area contributed by atoms with Gasteiger partial charge in [0.15, 0.2) is 0 Å². The Hall–Kier alpha value is -0.980. The van der Waals surface area contributed by atoms with Crippen LogP contribution in [0.15, 0.2) is 54.6 Å². The Morgan fingerprint density at radius 2 is 1.70 bits per heavy atom. The summed E-state index contributed by atoms with van der Waals surface area (Å²) in [6.45, 7) is 6.62. The monoisotopic (exact) mass is 392 g/mol. The number of rotatable bonds is 1. The molecule has 23 heavy (non-hydrogen) atoms. The van der Waals surface area contributed by atoms with Crippen LogP contribution < -0.4 is 0 Å². The minimum Gasteiger partial charge on any atom is -0.175 e. The van der Waals surface area contributed by atoms with Gasteiger partial charge in [0.05, 0.1) is 0 Å². The molecule has 2 heteroatoms. The van der Waals surface area contributed by atoms with E-state index in [1.54, 1.807) is 0 Å². The molecule has 0 bridgehead atoms. The Bertz CT molecular complexity index is 732. The van der Waals surface area contributed by atoms with E-state index in [4.69, 9.17) is 0 Å². The summed E-state index contributed by atoms with van der Waals surface area (Å²) in [7, 11) is 0.750. The van der Waals surface area contributed by atoms with Gasteiger partial charge in [-0.25, -0.2) is 0 Å². The molecule has 0 spiro atoms. The molecule has 2 aliphatic rings. The van der Waals surface area contributed by atoms with Crippen LogP contribution in [0.1, 0.15) is 28.2 Å². The molecule has 0 amide bonds. The SMILES string of the molecule is C[SiH]C.Cc1cc2c([c-]c1C1C=CC=C1)Cc1ccccc1-2.[Zr]. The van der Waals surface area contributed by atoms with E-state index >= 15 is 0 Å². The average Bonchev–Trinajstić information content (AvgIpc) is 3.14. The van der Waals surface area contributed by atoms with E-state index in [2.05, 4.69) is 80.7 Å². The van der Waals surface area contributed by atoms with E-state index in [1.165, 1.54) is 33.4 Å². The van der Waals surface area contributed by atoms with Crippen LogP contribution in [0.3, 0.4) is 0 Å². The van der Waals surface area contributed by atoms with Gasteiger partial charge in [-0.3, -0.25) is 0 Å². The number of allylic oxidation sites excluding steroid dienone is 4. The van der Waals surface area contributed by atoms with E-state index < -0.39 is 0 Å². The molecular weight excluding hydrogens is 372 g/mol. The topological polar surface area (TPSA) is 0 Å². The number of hydrogen-bond donors (Lipinski definition) is 0. The van der Waals surface area contributed by atoms with Crippen molar-refractivity contribution in [3.63, 3.8) is 0 Å². The van der Waals surface area contributed by atoms with E-state index in [-0.39, 0.29) is 26.2 Å². The van der Waals surface area contributed by atoms with Gasteiger partial charge in [-0.15, -0.1) is 16.7 Å². The van der Waals surface area contributed by atoms with Crippen LogP contribution in [-0.2, 0) is 32.6 Å². The molecule has 0 aromatic heterocycles. The summed E-state index contributed by atoms with van der Waals surface area (Å²) in [4.78, 5) is 0. The maximum atomic E-state index is 3.68. The molecule has 4 rings (SSSR count). The Balaban J connectivity index is 0.000000448. The molecule has 2 aliphatic carbocycles. The van der Waals surface area contributed by atoms with Crippen LogP contribution in [0.5, 0.6) is 0 Å². The maximum Gasteiger partial charge on any atom is 0.0213 e. The second-order valence-corrected chi connectivity index (χ2v) is 7.12. The summed E-state index contributed by atoms with van der Waals surface area (Å²) in [5.41, 5.74) is 8.23. The Kier molecular flexibility index (Phi) is 6.56. The summed E-state index contributed by atoms with van der Waals surface area (Å²) < 4.78 is 0. The second kappa shape index (κ2) is 8.22. The molecule has 0 aliphatic heterocycles. The number of aryl methyl sites for hydroxylation is 1. The third kappa shape index (κ3) is 3.75. The molecule has 2 aromatic carbocycles. The van der Waals surface area contributed by atoms with Crippen molar-refractivity contribution in [1.29, 1.82) is 0 Å². The van der Waals surface area contributed by atoms with Crippen molar-refractivity contribution in [3.05, 3.63) is 83.0 Å². The number of benzene rings is 2. The molecule has 0 atom stereocenters. The molecule has 1 radical (unpaired) electrons. The van der Waals surface area contributed by atoms with Crippen molar-refractivity contribution in [2.75, 3.05) is 0 Å². The first kappa shape index (κ1) is 18.4. The van der Waals surface area contributed by atoms with Gasteiger partial charge in [0, 0.05) is 35.7 Å². The molecule has 0 fully saturated rings. The predicted octanol–water partition coefficient (Wildman–Crippen LogP) is 5.09. The minimum absolute atomic E-state index is 0. The van der Waals surface area contributed by atoms with Gasteiger partial charge in [0.25, 0.3) is 0 Å². The smallest absolute Gasteiger partial charge is 0.0213 e. The van der Waals surface area contributed by atoms with Crippen molar-refractivity contribution in [1.82, 2.24) is 0 Å². The Morgan fingerprint density at radius 1 is 1.04 bits per heavy atom. The van der Waals surface area contributed by atoms with Gasteiger partial charge >= 0.3 is 0 Å². The first-order valence-electron chi connectivity index (χ1n) is 7.97. The van der Waals surface area contributed by atoms with Crippen LogP contribution in [0, 0.1) is 13.0 Å². The molecular formula is C21H22SiZr-. The van der Waals surface area contributed by atoms with Crippen LogP contribution >= 0.6 is 0 Å². The average molecular weight is 394 g/mol. The fourth-order valence-corrected chi connectivity index (χ4v) is 3.19. The van der Waals surface area contributed by atoms with Crippen molar-refractivity contribution < 1.29 is 26.2 Å². The van der Waals surface area contributed by atoms with Crippen molar-refractivity contribution in [2.45, 2.75) is 32.4 Å². The van der Waals surface area contributed by atoms with Gasteiger partial charge in [0.1, 0.15) is 0 Å². The summed E-state index contributed by atoms with van der Waals surface area (Å²) in [6.07, 6.45) is 9.76. The van der Waals surface area contributed by atoms with Crippen LogP contribution in [0.25, 0.3) is 11.1 Å². The normalized spacial score (nSPS) is 13.9. The fourth-order valence-electron chi connectivity index (χ4n) is 3.19. The largest absolute Gasteiger partial charge is 0.175 e. The van der Waals surface area contributed by atoms with E-state index in [0.29, 0.717) is 5.92 Å². The van der Waals surface area contributed by atoms with Crippen molar-refractivity contribution in [2.24, 2.45) is 0 Å². The maximum absolute atomic E-state index is 3.68. The van der Waals surface area contributed by atoms with Gasteiger partial charge in [-0.1, -0.05) is 79.7 Å². The Morgan fingerprint density at radius 3 is 2.39 bits per heavy atom. The molecule has 0 unspecified atom stereocenters. The zero-order chi connectivity index (χ0) is 15.5. The number of fused-ring (bicyclic) bond motifs is 3. The Labute approximate surface area is 161 Å². The third-order valence-corrected chi connectivity index (χ3v) is 4.15. The zero-order valence-corrected chi connectivity index (χ0v) is 17.7. The summed E-state index contributed by atoms with van der Waals surface area (Å²) in [5, 5.41) is 0. The van der Waals surface area contributed by atoms with E-state index in [0.717, 1.165) is 15.9 Å². The molecule has 0 saturated carbocycles. The van der Waals surface area contributed by atoms with Crippen LogP contribution in [-0.4, -0.2) is 9.52 Å². The first-order chi connectivity index (χ1) is 10.7. The van der Waals surface area contributed by atoms with Crippen molar-refractivity contribution >= 4 is 9.52 Å². The molecule has 0 heterocycles. The van der Waals surface area contributed by atoms with Crippen molar-refractivity contribution in [3.8, 4) is 11.1 Å². The van der Waals surface area contributed by atoms with Gasteiger partial charge in [-0.2, -0.15) is 17.7 Å². The van der Waals surface area contributed by atoms with Gasteiger partial charge in [-0.05, 0) is 12.3 Å². The standard InChI is InChI=1S/C19H15.C2H7Si.Zr/c1-13-10-19-16(11-15-8-4-5-9-17(15)19)12-18(13)14-6-2-3-7-14;1-3-2;/h2-10,14H,11H2,1H3;3H,1-2H3;/q-1;;. The van der Waals surface area contributed by atoms with Gasteiger partial charge < -0.3 is 0 Å². The van der Waals surface area contributed by atoms with E-state index in [9.17, 15) is 0 Å². The van der Waals surface area contributed by atoms with Crippen LogP contribution in [0.4, 0.5) is 0 Å². The summed E-state index contributed by atoms with van der Waals surface area (Å²) in [6, 6.07) is 14.7. The number of hydrogen-bond acceptors (Lipinski definition) is 0.